The van der Waals surface area contributed by atoms with E-state index in [4.69, 9.17) is 16.6 Å². The van der Waals surface area contributed by atoms with Gasteiger partial charge in [0.15, 0.2) is 0 Å². The molecule has 0 spiro atoms. The van der Waals surface area contributed by atoms with Crippen molar-refractivity contribution in [3.63, 3.8) is 0 Å². The molecule has 4 rings (SSSR count). The first-order valence-electron chi connectivity index (χ1n) is 9.24. The Kier molecular flexibility index (Phi) is 4.84. The Morgan fingerprint density at radius 1 is 1.19 bits per heavy atom. The highest BCUT2D eigenvalue weighted by Crippen LogP contribution is 2.23. The Bertz CT molecular complexity index is 948. The quantitative estimate of drug-likeness (QED) is 0.695. The van der Waals surface area contributed by atoms with Crippen molar-refractivity contribution in [2.24, 2.45) is 0 Å². The van der Waals surface area contributed by atoms with Crippen LogP contribution in [-0.2, 0) is 6.54 Å². The summed E-state index contributed by atoms with van der Waals surface area (Å²) >= 11 is 6.04. The zero-order chi connectivity index (χ0) is 18.1. The van der Waals surface area contributed by atoms with Gasteiger partial charge in [0, 0.05) is 17.6 Å². The molecule has 0 bridgehead atoms. The fourth-order valence-corrected chi connectivity index (χ4v) is 3.67. The van der Waals surface area contributed by atoms with Crippen LogP contribution in [0.1, 0.15) is 35.4 Å². The minimum Gasteiger partial charge on any atom is -0.320 e. The SMILES string of the molecule is Cc1cc2nc(/C=C/C3CCCN3)n(Cc3ccc(Cl)cc3)c2cc1C. The first-order chi connectivity index (χ1) is 12.6. The molecule has 2 aromatic carbocycles. The molecule has 1 aliphatic heterocycles. The van der Waals surface area contributed by atoms with Gasteiger partial charge >= 0.3 is 0 Å². The standard InChI is InChI=1S/C22H24ClN3/c1-15-12-20-21(13-16(15)2)26(14-17-5-7-18(23)8-6-17)22(25-20)10-9-19-4-3-11-24-19/h5-10,12-13,19,24H,3-4,11,14H2,1-2H3/b10-9+. The van der Waals surface area contributed by atoms with Crippen molar-refractivity contribution in [3.8, 4) is 0 Å². The van der Waals surface area contributed by atoms with Gasteiger partial charge in [0.1, 0.15) is 5.82 Å². The monoisotopic (exact) mass is 365 g/mol. The summed E-state index contributed by atoms with van der Waals surface area (Å²) in [5.41, 5.74) is 6.04. The molecular formula is C22H24ClN3. The average molecular weight is 366 g/mol. The maximum absolute atomic E-state index is 6.04. The van der Waals surface area contributed by atoms with Gasteiger partial charge in [-0.25, -0.2) is 4.98 Å². The lowest BCUT2D eigenvalue weighted by molar-refractivity contribution is 0.728. The van der Waals surface area contributed by atoms with Gasteiger partial charge < -0.3 is 9.88 Å². The largest absolute Gasteiger partial charge is 0.320 e. The van der Waals surface area contributed by atoms with E-state index in [9.17, 15) is 0 Å². The van der Waals surface area contributed by atoms with Crippen molar-refractivity contribution in [2.75, 3.05) is 6.54 Å². The molecule has 1 unspecified atom stereocenters. The first-order valence-corrected chi connectivity index (χ1v) is 9.61. The van der Waals surface area contributed by atoms with Crippen molar-refractivity contribution in [1.82, 2.24) is 14.9 Å². The van der Waals surface area contributed by atoms with E-state index >= 15 is 0 Å². The summed E-state index contributed by atoms with van der Waals surface area (Å²) in [7, 11) is 0. The second kappa shape index (κ2) is 7.26. The van der Waals surface area contributed by atoms with E-state index < -0.39 is 0 Å². The Morgan fingerprint density at radius 3 is 2.69 bits per heavy atom. The van der Waals surface area contributed by atoms with E-state index in [1.54, 1.807) is 0 Å². The van der Waals surface area contributed by atoms with Crippen LogP contribution in [0.5, 0.6) is 0 Å². The molecule has 26 heavy (non-hydrogen) atoms. The highest BCUT2D eigenvalue weighted by Gasteiger charge is 2.13. The van der Waals surface area contributed by atoms with Crippen molar-refractivity contribution in [3.05, 3.63) is 70.0 Å². The number of hydrogen-bond donors (Lipinski definition) is 1. The van der Waals surface area contributed by atoms with Crippen molar-refractivity contribution >= 4 is 28.7 Å². The van der Waals surface area contributed by atoms with Crippen LogP contribution in [0.25, 0.3) is 17.1 Å². The molecule has 1 fully saturated rings. The Morgan fingerprint density at radius 2 is 1.96 bits per heavy atom. The molecule has 0 amide bonds. The summed E-state index contributed by atoms with van der Waals surface area (Å²) in [5.74, 6) is 1.01. The predicted molar refractivity (Wildman–Crippen MR) is 110 cm³/mol. The van der Waals surface area contributed by atoms with Crippen LogP contribution in [0.4, 0.5) is 0 Å². The third-order valence-electron chi connectivity index (χ3n) is 5.22. The minimum absolute atomic E-state index is 0.460. The molecular weight excluding hydrogens is 342 g/mol. The van der Waals surface area contributed by atoms with Crippen LogP contribution in [-0.4, -0.2) is 22.1 Å². The Balaban J connectivity index is 1.76. The second-order valence-electron chi connectivity index (χ2n) is 7.17. The molecule has 1 saturated heterocycles. The molecule has 1 N–H and O–H groups in total. The highest BCUT2D eigenvalue weighted by molar-refractivity contribution is 6.30. The van der Waals surface area contributed by atoms with E-state index in [1.807, 2.05) is 12.1 Å². The number of rotatable bonds is 4. The maximum atomic E-state index is 6.04. The summed E-state index contributed by atoms with van der Waals surface area (Å²) in [6, 6.07) is 13.0. The van der Waals surface area contributed by atoms with Gasteiger partial charge in [-0.05, 0) is 80.3 Å². The van der Waals surface area contributed by atoms with Gasteiger partial charge in [-0.1, -0.05) is 29.8 Å². The lowest BCUT2D eigenvalue weighted by atomic mass is 10.1. The van der Waals surface area contributed by atoms with Crippen LogP contribution in [0.3, 0.4) is 0 Å². The van der Waals surface area contributed by atoms with Gasteiger partial charge in [0.2, 0.25) is 0 Å². The normalized spacial score (nSPS) is 17.6. The smallest absolute Gasteiger partial charge is 0.133 e. The second-order valence-corrected chi connectivity index (χ2v) is 7.61. The van der Waals surface area contributed by atoms with Gasteiger partial charge in [0.25, 0.3) is 0 Å². The average Bonchev–Trinajstić information content (AvgIpc) is 3.25. The Labute approximate surface area is 159 Å². The van der Waals surface area contributed by atoms with Gasteiger partial charge in [-0.15, -0.1) is 0 Å². The van der Waals surface area contributed by atoms with Crippen LogP contribution >= 0.6 is 11.6 Å². The number of benzene rings is 2. The zero-order valence-corrected chi connectivity index (χ0v) is 16.1. The number of hydrogen-bond acceptors (Lipinski definition) is 2. The number of nitrogens with zero attached hydrogens (tertiary/aromatic N) is 2. The van der Waals surface area contributed by atoms with Crippen molar-refractivity contribution < 1.29 is 0 Å². The fourth-order valence-electron chi connectivity index (χ4n) is 3.54. The fraction of sp³-hybridized carbons (Fsp3) is 0.318. The number of nitrogens with one attached hydrogen (secondary N) is 1. The van der Waals surface area contributed by atoms with E-state index in [1.165, 1.54) is 35.0 Å². The predicted octanol–water partition coefficient (Wildman–Crippen LogP) is 5.12. The summed E-state index contributed by atoms with van der Waals surface area (Å²) < 4.78 is 2.30. The lowest BCUT2D eigenvalue weighted by Crippen LogP contribution is -2.18. The molecule has 4 heteroatoms. The maximum Gasteiger partial charge on any atom is 0.133 e. The van der Waals surface area contributed by atoms with E-state index in [-0.39, 0.29) is 0 Å². The van der Waals surface area contributed by atoms with Crippen LogP contribution in [0.15, 0.2) is 42.5 Å². The van der Waals surface area contributed by atoms with Gasteiger partial charge in [0.05, 0.1) is 11.0 Å². The molecule has 134 valence electrons. The van der Waals surface area contributed by atoms with Crippen LogP contribution in [0.2, 0.25) is 5.02 Å². The summed E-state index contributed by atoms with van der Waals surface area (Å²) in [6.45, 7) is 6.19. The number of imidazole rings is 1. The Hall–Kier alpha value is -2.10. The summed E-state index contributed by atoms with van der Waals surface area (Å²) in [5, 5.41) is 4.28. The molecule has 1 aromatic heterocycles. The molecule has 1 atom stereocenters. The van der Waals surface area contributed by atoms with Crippen molar-refractivity contribution in [2.45, 2.75) is 39.3 Å². The highest BCUT2D eigenvalue weighted by atomic mass is 35.5. The molecule has 1 aliphatic rings. The van der Waals surface area contributed by atoms with Crippen molar-refractivity contribution in [1.29, 1.82) is 0 Å². The van der Waals surface area contributed by atoms with Crippen LogP contribution in [0, 0.1) is 13.8 Å². The first kappa shape index (κ1) is 17.3. The molecule has 3 nitrogen and oxygen atoms in total. The number of aromatic nitrogens is 2. The zero-order valence-electron chi connectivity index (χ0n) is 15.3. The van der Waals surface area contributed by atoms with Crippen LogP contribution < -0.4 is 5.32 Å². The molecule has 3 aromatic rings. The van der Waals surface area contributed by atoms with Gasteiger partial charge in [-0.2, -0.15) is 0 Å². The third-order valence-corrected chi connectivity index (χ3v) is 5.48. The molecule has 0 radical (unpaired) electrons. The minimum atomic E-state index is 0.460. The number of aryl methyl sites for hydroxylation is 2. The van der Waals surface area contributed by atoms with Gasteiger partial charge in [-0.3, -0.25) is 0 Å². The number of halogens is 1. The topological polar surface area (TPSA) is 29.9 Å². The molecule has 2 heterocycles. The van der Waals surface area contributed by atoms with E-state index in [0.29, 0.717) is 6.04 Å². The summed E-state index contributed by atoms with van der Waals surface area (Å²) in [6.07, 6.45) is 6.87. The summed E-state index contributed by atoms with van der Waals surface area (Å²) in [4.78, 5) is 4.91. The van der Waals surface area contributed by atoms with E-state index in [2.05, 4.69) is 60.1 Å². The molecule has 0 saturated carbocycles. The third kappa shape index (κ3) is 3.55. The lowest BCUT2D eigenvalue weighted by Gasteiger charge is -2.09. The number of fused-ring (bicyclic) bond motifs is 1. The molecule has 0 aliphatic carbocycles. The van der Waals surface area contributed by atoms with E-state index in [0.717, 1.165) is 29.5 Å².